The molecule has 0 aliphatic carbocycles. The number of aryl methyl sites for hydroxylation is 2. The highest BCUT2D eigenvalue weighted by Crippen LogP contribution is 2.16. The lowest BCUT2D eigenvalue weighted by Gasteiger charge is -2.08. The number of rotatable bonds is 5. The van der Waals surface area contributed by atoms with E-state index >= 15 is 0 Å². The first-order valence-electron chi connectivity index (χ1n) is 7.50. The average molecular weight is 281 g/mol. The van der Waals surface area contributed by atoms with Gasteiger partial charge in [-0.2, -0.15) is 0 Å². The smallest absolute Gasteiger partial charge is 0.224 e. The van der Waals surface area contributed by atoms with Crippen molar-refractivity contribution in [2.75, 3.05) is 5.32 Å². The minimum absolute atomic E-state index is 0.0635. The molecule has 2 nitrogen and oxygen atoms in total. The molecule has 0 aromatic heterocycles. The van der Waals surface area contributed by atoms with Crippen molar-refractivity contribution < 1.29 is 4.79 Å². The molecule has 2 heteroatoms. The number of carbonyl (C=O) groups excluding carboxylic acids is 1. The third-order valence-corrected chi connectivity index (χ3v) is 3.59. The van der Waals surface area contributed by atoms with Gasteiger partial charge in [0.2, 0.25) is 5.91 Å². The summed E-state index contributed by atoms with van der Waals surface area (Å²) in [4.78, 5) is 12.0. The molecular weight excluding hydrogens is 258 g/mol. The van der Waals surface area contributed by atoms with Gasteiger partial charge in [-0.25, -0.2) is 0 Å². The summed E-state index contributed by atoms with van der Waals surface area (Å²) in [7, 11) is 0. The number of amides is 1. The molecule has 2 rings (SSSR count). The normalized spacial score (nSPS) is 10.7. The van der Waals surface area contributed by atoms with Crippen LogP contribution < -0.4 is 5.32 Å². The molecule has 0 saturated heterocycles. The maximum absolute atomic E-state index is 12.0. The van der Waals surface area contributed by atoms with Crippen LogP contribution in [-0.2, 0) is 11.2 Å². The predicted octanol–water partition coefficient (Wildman–Crippen LogP) is 4.69. The minimum Gasteiger partial charge on any atom is -0.326 e. The number of hydrogen-bond donors (Lipinski definition) is 1. The molecular formula is C19H23NO. The molecule has 0 atom stereocenters. The van der Waals surface area contributed by atoms with Crippen molar-refractivity contribution in [2.45, 2.75) is 39.5 Å². The van der Waals surface area contributed by atoms with Crippen LogP contribution in [-0.4, -0.2) is 5.91 Å². The molecule has 0 spiro atoms. The number of hydrogen-bond acceptors (Lipinski definition) is 1. The second kappa shape index (κ2) is 7.07. The first-order chi connectivity index (χ1) is 10.0. The second-order valence-corrected chi connectivity index (χ2v) is 5.81. The third kappa shape index (κ3) is 4.75. The first-order valence-corrected chi connectivity index (χ1v) is 7.50. The Kier molecular flexibility index (Phi) is 5.15. The summed E-state index contributed by atoms with van der Waals surface area (Å²) in [6.45, 7) is 6.39. The van der Waals surface area contributed by atoms with E-state index in [1.54, 1.807) is 0 Å². The molecule has 2 aromatic carbocycles. The van der Waals surface area contributed by atoms with E-state index in [2.05, 4.69) is 43.4 Å². The van der Waals surface area contributed by atoms with Crippen LogP contribution >= 0.6 is 0 Å². The van der Waals surface area contributed by atoms with Crippen molar-refractivity contribution in [3.63, 3.8) is 0 Å². The van der Waals surface area contributed by atoms with E-state index in [4.69, 9.17) is 0 Å². The van der Waals surface area contributed by atoms with Crippen LogP contribution in [0.3, 0.4) is 0 Å². The number of carbonyl (C=O) groups is 1. The average Bonchev–Trinajstić information content (AvgIpc) is 2.45. The lowest BCUT2D eigenvalue weighted by atomic mass is 10.0. The second-order valence-electron chi connectivity index (χ2n) is 5.81. The van der Waals surface area contributed by atoms with Crippen LogP contribution in [0.2, 0.25) is 0 Å². The lowest BCUT2D eigenvalue weighted by Crippen LogP contribution is -2.12. The molecule has 1 N–H and O–H groups in total. The van der Waals surface area contributed by atoms with Crippen molar-refractivity contribution in [1.82, 2.24) is 0 Å². The van der Waals surface area contributed by atoms with Crippen LogP contribution in [0.4, 0.5) is 5.69 Å². The highest BCUT2D eigenvalue weighted by atomic mass is 16.1. The van der Waals surface area contributed by atoms with Crippen molar-refractivity contribution in [3.8, 4) is 0 Å². The van der Waals surface area contributed by atoms with Crippen LogP contribution in [0.1, 0.15) is 42.9 Å². The molecule has 0 fully saturated rings. The van der Waals surface area contributed by atoms with Crippen molar-refractivity contribution in [2.24, 2.45) is 0 Å². The number of anilines is 1. The molecule has 0 unspecified atom stereocenters. The maximum atomic E-state index is 12.0. The van der Waals surface area contributed by atoms with Crippen LogP contribution in [0, 0.1) is 6.92 Å². The zero-order chi connectivity index (χ0) is 15.2. The Bertz CT molecular complexity index is 599. The van der Waals surface area contributed by atoms with Gasteiger partial charge in [-0.15, -0.1) is 0 Å². The molecule has 1 amide bonds. The fraction of sp³-hybridized carbons (Fsp3) is 0.316. The quantitative estimate of drug-likeness (QED) is 0.846. The van der Waals surface area contributed by atoms with E-state index in [-0.39, 0.29) is 5.91 Å². The molecule has 0 saturated carbocycles. The van der Waals surface area contributed by atoms with Gasteiger partial charge in [0.1, 0.15) is 0 Å². The number of benzene rings is 2. The molecule has 110 valence electrons. The van der Waals surface area contributed by atoms with E-state index < -0.39 is 0 Å². The highest BCUT2D eigenvalue weighted by Gasteiger charge is 2.04. The van der Waals surface area contributed by atoms with E-state index in [0.29, 0.717) is 12.3 Å². The first kappa shape index (κ1) is 15.3. The van der Waals surface area contributed by atoms with Gasteiger partial charge < -0.3 is 5.32 Å². The third-order valence-electron chi connectivity index (χ3n) is 3.59. The van der Waals surface area contributed by atoms with Gasteiger partial charge in [0.05, 0.1) is 0 Å². The van der Waals surface area contributed by atoms with E-state index in [9.17, 15) is 4.79 Å². The molecule has 21 heavy (non-hydrogen) atoms. The zero-order valence-corrected chi connectivity index (χ0v) is 13.0. The standard InChI is InChI=1S/C19H23NO/c1-14(2)17-10-7-16(8-11-17)9-12-19(21)20-18-6-4-5-15(3)13-18/h4-8,10-11,13-14H,9,12H2,1-3H3,(H,20,21). The van der Waals surface area contributed by atoms with E-state index in [0.717, 1.165) is 17.7 Å². The summed E-state index contributed by atoms with van der Waals surface area (Å²) in [6.07, 6.45) is 1.28. The minimum atomic E-state index is 0.0635. The Morgan fingerprint density at radius 2 is 1.81 bits per heavy atom. The molecule has 0 bridgehead atoms. The SMILES string of the molecule is Cc1cccc(NC(=O)CCc2ccc(C(C)C)cc2)c1. The summed E-state index contributed by atoms with van der Waals surface area (Å²) >= 11 is 0. The Morgan fingerprint density at radius 1 is 1.10 bits per heavy atom. The summed E-state index contributed by atoms with van der Waals surface area (Å²) in [5.74, 6) is 0.609. The lowest BCUT2D eigenvalue weighted by molar-refractivity contribution is -0.116. The fourth-order valence-electron chi connectivity index (χ4n) is 2.27. The van der Waals surface area contributed by atoms with Crippen molar-refractivity contribution in [3.05, 3.63) is 65.2 Å². The Morgan fingerprint density at radius 3 is 2.43 bits per heavy atom. The largest absolute Gasteiger partial charge is 0.326 e. The molecule has 0 heterocycles. The van der Waals surface area contributed by atoms with Crippen molar-refractivity contribution in [1.29, 1.82) is 0 Å². The van der Waals surface area contributed by atoms with Gasteiger partial charge in [-0.1, -0.05) is 50.2 Å². The van der Waals surface area contributed by atoms with Crippen LogP contribution in [0.15, 0.2) is 48.5 Å². The molecule has 0 aliphatic rings. The van der Waals surface area contributed by atoms with Gasteiger partial charge in [-0.3, -0.25) is 4.79 Å². The summed E-state index contributed by atoms with van der Waals surface area (Å²) < 4.78 is 0. The zero-order valence-electron chi connectivity index (χ0n) is 13.0. The topological polar surface area (TPSA) is 29.1 Å². The Hall–Kier alpha value is -2.09. The monoisotopic (exact) mass is 281 g/mol. The summed E-state index contributed by atoms with van der Waals surface area (Å²) in [5, 5.41) is 2.94. The predicted molar refractivity (Wildman–Crippen MR) is 88.7 cm³/mol. The Balaban J connectivity index is 1.86. The van der Waals surface area contributed by atoms with Gasteiger partial charge in [0, 0.05) is 12.1 Å². The van der Waals surface area contributed by atoms with E-state index in [1.807, 2.05) is 31.2 Å². The molecule has 0 aliphatic heterocycles. The van der Waals surface area contributed by atoms with E-state index in [1.165, 1.54) is 11.1 Å². The maximum Gasteiger partial charge on any atom is 0.224 e. The Labute approximate surface area is 127 Å². The van der Waals surface area contributed by atoms with Crippen molar-refractivity contribution >= 4 is 11.6 Å². The van der Waals surface area contributed by atoms with Gasteiger partial charge in [-0.05, 0) is 48.1 Å². The summed E-state index contributed by atoms with van der Waals surface area (Å²) in [5.41, 5.74) is 4.56. The highest BCUT2D eigenvalue weighted by molar-refractivity contribution is 5.90. The van der Waals surface area contributed by atoms with Gasteiger partial charge in [0.25, 0.3) is 0 Å². The van der Waals surface area contributed by atoms with Gasteiger partial charge >= 0.3 is 0 Å². The van der Waals surface area contributed by atoms with Gasteiger partial charge in [0.15, 0.2) is 0 Å². The summed E-state index contributed by atoms with van der Waals surface area (Å²) in [6, 6.07) is 16.4. The molecule has 2 aromatic rings. The fourth-order valence-corrected chi connectivity index (χ4v) is 2.27. The van der Waals surface area contributed by atoms with Crippen LogP contribution in [0.25, 0.3) is 0 Å². The molecule has 0 radical (unpaired) electrons. The van der Waals surface area contributed by atoms with Crippen LogP contribution in [0.5, 0.6) is 0 Å². The number of nitrogens with one attached hydrogen (secondary N) is 1.